The first-order chi connectivity index (χ1) is 14.9. The smallest absolute Gasteiger partial charge is 0.312 e. The molecular weight excluding hydrogens is 458 g/mol. The van der Waals surface area contributed by atoms with Crippen LogP contribution in [0.1, 0.15) is 12.5 Å². The zero-order valence-electron chi connectivity index (χ0n) is 17.3. The minimum atomic E-state index is -0.361. The maximum absolute atomic E-state index is 13.5. The predicted molar refractivity (Wildman–Crippen MR) is 125 cm³/mol. The van der Waals surface area contributed by atoms with Gasteiger partial charge in [-0.15, -0.1) is 0 Å². The van der Waals surface area contributed by atoms with Crippen molar-refractivity contribution in [2.45, 2.75) is 20.0 Å². The van der Waals surface area contributed by atoms with Gasteiger partial charge < -0.3 is 9.47 Å². The third-order valence-corrected chi connectivity index (χ3v) is 6.29. The Morgan fingerprint density at radius 1 is 1.03 bits per heavy atom. The van der Waals surface area contributed by atoms with Crippen LogP contribution in [-0.2, 0) is 20.1 Å². The lowest BCUT2D eigenvalue weighted by Crippen LogP contribution is -2.40. The molecule has 8 heteroatoms. The van der Waals surface area contributed by atoms with Crippen LogP contribution in [0.5, 0.6) is 0 Å². The maximum atomic E-state index is 13.5. The van der Waals surface area contributed by atoms with Gasteiger partial charge in [-0.2, -0.15) is 4.98 Å². The number of fused-ring (bicyclic) bond motifs is 3. The molecule has 0 N–H and O–H groups in total. The summed E-state index contributed by atoms with van der Waals surface area (Å²) in [5.41, 5.74) is 2.14. The standard InChI is InChI=1S/C23H22BrN5O2/c1-15-12-27(18-10-8-17(24)9-11-18)22-25-20-19(28(22)13-15)21(30)29(23(31)26(20)2)14-16-6-4-3-5-7-16/h3-11,15H,12-14H2,1-2H3/t15-/m1/s1. The van der Waals surface area contributed by atoms with Gasteiger partial charge in [0.2, 0.25) is 5.95 Å². The van der Waals surface area contributed by atoms with E-state index in [0.717, 1.165) is 22.3 Å². The van der Waals surface area contributed by atoms with Crippen LogP contribution in [-0.4, -0.2) is 25.2 Å². The first-order valence-electron chi connectivity index (χ1n) is 10.2. The van der Waals surface area contributed by atoms with Crippen molar-refractivity contribution in [2.75, 3.05) is 11.4 Å². The molecule has 0 saturated heterocycles. The number of aromatic nitrogens is 4. The van der Waals surface area contributed by atoms with E-state index < -0.39 is 0 Å². The van der Waals surface area contributed by atoms with E-state index in [9.17, 15) is 9.59 Å². The molecular formula is C23H22BrN5O2. The largest absolute Gasteiger partial charge is 0.332 e. The Morgan fingerprint density at radius 3 is 2.45 bits per heavy atom. The van der Waals surface area contributed by atoms with Gasteiger partial charge in [0.1, 0.15) is 0 Å². The third-order valence-electron chi connectivity index (χ3n) is 5.76. The molecule has 0 aliphatic carbocycles. The number of imidazole rings is 1. The van der Waals surface area contributed by atoms with E-state index in [-0.39, 0.29) is 17.8 Å². The first kappa shape index (κ1) is 19.8. The lowest BCUT2D eigenvalue weighted by atomic mass is 10.1. The van der Waals surface area contributed by atoms with Crippen LogP contribution in [0, 0.1) is 5.92 Å². The summed E-state index contributed by atoms with van der Waals surface area (Å²) in [6.07, 6.45) is 0. The second-order valence-corrected chi connectivity index (χ2v) is 9.02. The number of halogens is 1. The van der Waals surface area contributed by atoms with Crippen molar-refractivity contribution in [3.63, 3.8) is 0 Å². The summed E-state index contributed by atoms with van der Waals surface area (Å²) in [5, 5.41) is 0. The normalized spacial score (nSPS) is 16.0. The Labute approximate surface area is 187 Å². The van der Waals surface area contributed by atoms with Crippen molar-refractivity contribution in [1.82, 2.24) is 18.7 Å². The predicted octanol–water partition coefficient (Wildman–Crippen LogP) is 3.50. The van der Waals surface area contributed by atoms with Crippen LogP contribution in [0.15, 0.2) is 68.7 Å². The fourth-order valence-corrected chi connectivity index (χ4v) is 4.51. The second-order valence-electron chi connectivity index (χ2n) is 8.11. The van der Waals surface area contributed by atoms with E-state index in [4.69, 9.17) is 4.98 Å². The van der Waals surface area contributed by atoms with Crippen molar-refractivity contribution >= 4 is 38.7 Å². The van der Waals surface area contributed by atoms with E-state index in [1.165, 1.54) is 9.13 Å². The van der Waals surface area contributed by atoms with Crippen LogP contribution in [0.4, 0.5) is 11.6 Å². The Hall–Kier alpha value is -3.13. The minimum Gasteiger partial charge on any atom is -0.312 e. The molecule has 0 spiro atoms. The average Bonchev–Trinajstić information content (AvgIpc) is 3.15. The highest BCUT2D eigenvalue weighted by molar-refractivity contribution is 9.10. The molecule has 2 aromatic carbocycles. The number of anilines is 2. The van der Waals surface area contributed by atoms with Crippen LogP contribution in [0.2, 0.25) is 0 Å². The van der Waals surface area contributed by atoms with Crippen molar-refractivity contribution in [3.05, 3.63) is 85.5 Å². The molecule has 1 aliphatic rings. The Bertz CT molecular complexity index is 1390. The quantitative estimate of drug-likeness (QED) is 0.451. The van der Waals surface area contributed by atoms with E-state index in [0.29, 0.717) is 29.6 Å². The summed E-state index contributed by atoms with van der Waals surface area (Å²) in [6.45, 7) is 3.86. The summed E-state index contributed by atoms with van der Waals surface area (Å²) >= 11 is 3.48. The molecule has 4 aromatic rings. The van der Waals surface area contributed by atoms with E-state index >= 15 is 0 Å². The molecule has 2 aromatic heterocycles. The molecule has 0 bridgehead atoms. The van der Waals surface area contributed by atoms with Crippen LogP contribution in [0.3, 0.4) is 0 Å². The summed E-state index contributed by atoms with van der Waals surface area (Å²) in [6, 6.07) is 17.6. The third kappa shape index (κ3) is 3.31. The van der Waals surface area contributed by atoms with Crippen molar-refractivity contribution in [2.24, 2.45) is 13.0 Å². The van der Waals surface area contributed by atoms with E-state index in [1.807, 2.05) is 59.2 Å². The highest BCUT2D eigenvalue weighted by Gasteiger charge is 2.29. The fourth-order valence-electron chi connectivity index (χ4n) is 4.25. The maximum Gasteiger partial charge on any atom is 0.332 e. The molecule has 7 nitrogen and oxygen atoms in total. The molecule has 5 rings (SSSR count). The summed E-state index contributed by atoms with van der Waals surface area (Å²) in [7, 11) is 1.68. The number of aryl methyl sites for hydroxylation is 1. The van der Waals surface area contributed by atoms with Gasteiger partial charge in [0, 0.05) is 30.3 Å². The van der Waals surface area contributed by atoms with Crippen molar-refractivity contribution in [3.8, 4) is 0 Å². The topological polar surface area (TPSA) is 65.1 Å². The van der Waals surface area contributed by atoms with Crippen LogP contribution < -0.4 is 16.1 Å². The molecule has 3 heterocycles. The van der Waals surface area contributed by atoms with Gasteiger partial charge in [-0.3, -0.25) is 13.9 Å². The van der Waals surface area contributed by atoms with Crippen LogP contribution in [0.25, 0.3) is 11.2 Å². The van der Waals surface area contributed by atoms with Gasteiger partial charge in [-0.05, 0) is 35.7 Å². The number of hydrogen-bond acceptors (Lipinski definition) is 4. The van der Waals surface area contributed by atoms with Crippen LogP contribution >= 0.6 is 15.9 Å². The summed E-state index contributed by atoms with van der Waals surface area (Å²) < 4.78 is 5.75. The highest BCUT2D eigenvalue weighted by Crippen LogP contribution is 2.33. The molecule has 0 saturated carbocycles. The molecule has 0 fully saturated rings. The Morgan fingerprint density at radius 2 is 1.74 bits per heavy atom. The molecule has 1 atom stereocenters. The Balaban J connectivity index is 1.73. The first-order valence-corrected chi connectivity index (χ1v) is 11.0. The van der Waals surface area contributed by atoms with Crippen molar-refractivity contribution in [1.29, 1.82) is 0 Å². The van der Waals surface area contributed by atoms with Gasteiger partial charge in [-0.25, -0.2) is 4.79 Å². The highest BCUT2D eigenvalue weighted by atomic mass is 79.9. The zero-order valence-corrected chi connectivity index (χ0v) is 18.9. The zero-order chi connectivity index (χ0) is 21.7. The summed E-state index contributed by atoms with van der Waals surface area (Å²) in [4.78, 5) is 33.4. The molecule has 31 heavy (non-hydrogen) atoms. The number of rotatable bonds is 3. The minimum absolute atomic E-state index is 0.231. The van der Waals surface area contributed by atoms with E-state index in [1.54, 1.807) is 7.05 Å². The van der Waals surface area contributed by atoms with Gasteiger partial charge >= 0.3 is 5.69 Å². The summed E-state index contributed by atoms with van der Waals surface area (Å²) in [5.74, 6) is 1.01. The van der Waals surface area contributed by atoms with Gasteiger partial charge in [0.25, 0.3) is 5.56 Å². The average molecular weight is 480 g/mol. The number of nitrogens with zero attached hydrogens (tertiary/aromatic N) is 5. The SMILES string of the molecule is C[C@@H]1CN(c2ccc(Br)cc2)c2nc3c(c(=O)n(Cc4ccccc4)c(=O)n3C)n2C1. The van der Waals surface area contributed by atoms with E-state index in [2.05, 4.69) is 27.8 Å². The van der Waals surface area contributed by atoms with Crippen molar-refractivity contribution < 1.29 is 0 Å². The molecule has 0 amide bonds. The second kappa shape index (κ2) is 7.53. The monoisotopic (exact) mass is 479 g/mol. The lowest BCUT2D eigenvalue weighted by Gasteiger charge is -2.33. The van der Waals surface area contributed by atoms with Gasteiger partial charge in [0.15, 0.2) is 11.2 Å². The molecule has 0 unspecified atom stereocenters. The van der Waals surface area contributed by atoms with Gasteiger partial charge in [-0.1, -0.05) is 53.2 Å². The molecule has 1 aliphatic heterocycles. The molecule has 0 radical (unpaired) electrons. The lowest BCUT2D eigenvalue weighted by molar-refractivity contribution is 0.458. The van der Waals surface area contributed by atoms with Gasteiger partial charge in [0.05, 0.1) is 6.54 Å². The Kier molecular flexibility index (Phi) is 4.81. The number of hydrogen-bond donors (Lipinski definition) is 0. The molecule has 158 valence electrons. The fraction of sp³-hybridized carbons (Fsp3) is 0.261. The number of benzene rings is 2.